The van der Waals surface area contributed by atoms with Crippen molar-refractivity contribution in [3.05, 3.63) is 35.4 Å². The van der Waals surface area contributed by atoms with Gasteiger partial charge in [0.2, 0.25) is 5.91 Å². The van der Waals surface area contributed by atoms with Crippen LogP contribution in [0.5, 0.6) is 0 Å². The van der Waals surface area contributed by atoms with Gasteiger partial charge < -0.3 is 11.1 Å². The summed E-state index contributed by atoms with van der Waals surface area (Å²) in [6.45, 7) is 0.889. The molecule has 0 saturated carbocycles. The molecule has 0 atom stereocenters. The summed E-state index contributed by atoms with van der Waals surface area (Å²) in [6, 6.07) is 3.53. The zero-order valence-electron chi connectivity index (χ0n) is 8.80. The van der Waals surface area contributed by atoms with Gasteiger partial charge in [-0.1, -0.05) is 6.07 Å². The van der Waals surface area contributed by atoms with Gasteiger partial charge in [0.1, 0.15) is 11.6 Å². The number of carbonyl (C=O) groups excluding carboxylic acids is 1. The van der Waals surface area contributed by atoms with Gasteiger partial charge in [-0.05, 0) is 25.1 Å². The topological polar surface area (TPSA) is 55.1 Å². The van der Waals surface area contributed by atoms with Crippen molar-refractivity contribution in [1.29, 1.82) is 0 Å². The van der Waals surface area contributed by atoms with E-state index in [1.807, 2.05) is 0 Å². The fraction of sp³-hybridized carbons (Fsp3) is 0.364. The van der Waals surface area contributed by atoms with E-state index in [-0.39, 0.29) is 12.0 Å². The average Bonchev–Trinajstić information content (AvgIpc) is 2.24. The van der Waals surface area contributed by atoms with E-state index in [4.69, 9.17) is 5.73 Å². The van der Waals surface area contributed by atoms with Crippen molar-refractivity contribution in [1.82, 2.24) is 5.32 Å². The highest BCUT2D eigenvalue weighted by atomic mass is 19.1. The molecule has 0 aliphatic rings. The van der Waals surface area contributed by atoms with E-state index in [0.29, 0.717) is 19.5 Å². The van der Waals surface area contributed by atoms with Gasteiger partial charge in [0.15, 0.2) is 0 Å². The largest absolute Gasteiger partial charge is 0.356 e. The molecule has 0 unspecified atom stereocenters. The Hall–Kier alpha value is -1.49. The highest BCUT2D eigenvalue weighted by Crippen LogP contribution is 2.12. The molecular formula is C11H14F2N2O. The van der Waals surface area contributed by atoms with E-state index < -0.39 is 17.5 Å². The van der Waals surface area contributed by atoms with Gasteiger partial charge in [-0.2, -0.15) is 0 Å². The Morgan fingerprint density at radius 2 is 1.94 bits per heavy atom. The Labute approximate surface area is 92.6 Å². The molecule has 0 radical (unpaired) electrons. The maximum Gasteiger partial charge on any atom is 0.224 e. The minimum absolute atomic E-state index is 0.201. The molecule has 88 valence electrons. The number of amides is 1. The third kappa shape index (κ3) is 3.58. The van der Waals surface area contributed by atoms with Crippen LogP contribution in [-0.2, 0) is 11.2 Å². The minimum atomic E-state index is -0.700. The lowest BCUT2D eigenvalue weighted by Crippen LogP contribution is -2.28. The summed E-state index contributed by atoms with van der Waals surface area (Å²) in [4.78, 5) is 11.3. The second kappa shape index (κ2) is 6.17. The van der Waals surface area contributed by atoms with E-state index in [2.05, 4.69) is 5.32 Å². The monoisotopic (exact) mass is 228 g/mol. The molecule has 0 aliphatic carbocycles. The Balaban J connectivity index is 2.56. The molecule has 1 aromatic carbocycles. The summed E-state index contributed by atoms with van der Waals surface area (Å²) in [5.74, 6) is -1.81. The van der Waals surface area contributed by atoms with Crippen LogP contribution < -0.4 is 11.1 Å². The van der Waals surface area contributed by atoms with E-state index in [1.165, 1.54) is 6.07 Å². The van der Waals surface area contributed by atoms with Gasteiger partial charge in [-0.15, -0.1) is 0 Å². The number of halogens is 2. The van der Waals surface area contributed by atoms with Crippen LogP contribution in [0.1, 0.15) is 12.0 Å². The van der Waals surface area contributed by atoms with Crippen molar-refractivity contribution >= 4 is 5.91 Å². The molecule has 0 saturated heterocycles. The maximum absolute atomic E-state index is 13.2. The van der Waals surface area contributed by atoms with Crippen LogP contribution >= 0.6 is 0 Å². The van der Waals surface area contributed by atoms with Crippen LogP contribution in [-0.4, -0.2) is 19.0 Å². The molecule has 0 aliphatic heterocycles. The number of rotatable bonds is 5. The van der Waals surface area contributed by atoms with Gasteiger partial charge in [0.05, 0.1) is 6.42 Å². The third-order valence-corrected chi connectivity index (χ3v) is 2.10. The van der Waals surface area contributed by atoms with Crippen LogP contribution in [0, 0.1) is 11.6 Å². The normalized spacial score (nSPS) is 10.2. The molecule has 0 spiro atoms. The highest BCUT2D eigenvalue weighted by Gasteiger charge is 2.12. The summed E-state index contributed by atoms with van der Waals surface area (Å²) in [5.41, 5.74) is 5.04. The van der Waals surface area contributed by atoms with Crippen LogP contribution in [0.15, 0.2) is 18.2 Å². The van der Waals surface area contributed by atoms with Gasteiger partial charge in [-0.25, -0.2) is 8.78 Å². The minimum Gasteiger partial charge on any atom is -0.356 e. The zero-order chi connectivity index (χ0) is 12.0. The van der Waals surface area contributed by atoms with E-state index in [9.17, 15) is 13.6 Å². The molecule has 0 heterocycles. The molecule has 3 N–H and O–H groups in total. The van der Waals surface area contributed by atoms with Gasteiger partial charge in [0, 0.05) is 12.1 Å². The average molecular weight is 228 g/mol. The van der Waals surface area contributed by atoms with Gasteiger partial charge in [-0.3, -0.25) is 4.79 Å². The summed E-state index contributed by atoms with van der Waals surface area (Å²) in [5, 5.41) is 2.53. The summed E-state index contributed by atoms with van der Waals surface area (Å²) >= 11 is 0. The lowest BCUT2D eigenvalue weighted by Gasteiger charge is -2.06. The predicted octanol–water partition coefficient (Wildman–Crippen LogP) is 0.972. The highest BCUT2D eigenvalue weighted by molar-refractivity contribution is 5.78. The van der Waals surface area contributed by atoms with Crippen molar-refractivity contribution in [3.8, 4) is 0 Å². The molecule has 1 rings (SSSR count). The number of hydrogen-bond donors (Lipinski definition) is 2. The van der Waals surface area contributed by atoms with Crippen LogP contribution in [0.4, 0.5) is 8.78 Å². The van der Waals surface area contributed by atoms with E-state index >= 15 is 0 Å². The summed E-state index contributed by atoms with van der Waals surface area (Å²) in [6.07, 6.45) is 0.356. The number of nitrogens with two attached hydrogens (primary N) is 1. The Kier molecular flexibility index (Phi) is 4.85. The molecule has 0 bridgehead atoms. The van der Waals surface area contributed by atoms with E-state index in [1.54, 1.807) is 0 Å². The smallest absolute Gasteiger partial charge is 0.224 e. The lowest BCUT2D eigenvalue weighted by molar-refractivity contribution is -0.120. The Morgan fingerprint density at radius 1 is 1.31 bits per heavy atom. The van der Waals surface area contributed by atoms with Crippen molar-refractivity contribution < 1.29 is 13.6 Å². The van der Waals surface area contributed by atoms with Gasteiger partial charge >= 0.3 is 0 Å². The Morgan fingerprint density at radius 3 is 2.50 bits per heavy atom. The lowest BCUT2D eigenvalue weighted by atomic mass is 10.1. The summed E-state index contributed by atoms with van der Waals surface area (Å²) < 4.78 is 26.3. The quantitative estimate of drug-likeness (QED) is 0.738. The zero-order valence-corrected chi connectivity index (χ0v) is 8.80. The molecular weight excluding hydrogens is 214 g/mol. The molecule has 16 heavy (non-hydrogen) atoms. The van der Waals surface area contributed by atoms with Gasteiger partial charge in [0.25, 0.3) is 0 Å². The van der Waals surface area contributed by atoms with Crippen molar-refractivity contribution in [3.63, 3.8) is 0 Å². The first-order valence-electron chi connectivity index (χ1n) is 5.05. The van der Waals surface area contributed by atoms with Crippen molar-refractivity contribution in [2.45, 2.75) is 12.8 Å². The second-order valence-electron chi connectivity index (χ2n) is 3.37. The van der Waals surface area contributed by atoms with Crippen LogP contribution in [0.2, 0.25) is 0 Å². The first kappa shape index (κ1) is 12.6. The fourth-order valence-corrected chi connectivity index (χ4v) is 1.25. The SMILES string of the molecule is NCCCNC(=O)Cc1c(F)cccc1F. The molecule has 5 heteroatoms. The molecule has 3 nitrogen and oxygen atoms in total. The molecule has 0 fully saturated rings. The standard InChI is InChI=1S/C11H14F2N2O/c12-9-3-1-4-10(13)8(9)7-11(16)15-6-2-5-14/h1,3-4H,2,5-7,14H2,(H,15,16). The molecule has 0 aromatic heterocycles. The number of benzene rings is 1. The Bertz CT molecular complexity index is 349. The first-order valence-corrected chi connectivity index (χ1v) is 5.05. The van der Waals surface area contributed by atoms with Crippen molar-refractivity contribution in [2.24, 2.45) is 5.73 Å². The molecule has 1 amide bonds. The number of hydrogen-bond acceptors (Lipinski definition) is 2. The number of nitrogens with one attached hydrogen (secondary N) is 1. The van der Waals surface area contributed by atoms with Crippen LogP contribution in [0.25, 0.3) is 0 Å². The van der Waals surface area contributed by atoms with E-state index in [0.717, 1.165) is 12.1 Å². The second-order valence-corrected chi connectivity index (χ2v) is 3.37. The predicted molar refractivity (Wildman–Crippen MR) is 56.7 cm³/mol. The van der Waals surface area contributed by atoms with Crippen molar-refractivity contribution in [2.75, 3.05) is 13.1 Å². The van der Waals surface area contributed by atoms with Crippen LogP contribution in [0.3, 0.4) is 0 Å². The fourth-order valence-electron chi connectivity index (χ4n) is 1.25. The number of carbonyl (C=O) groups is 1. The third-order valence-electron chi connectivity index (χ3n) is 2.10. The summed E-state index contributed by atoms with van der Waals surface area (Å²) in [7, 11) is 0. The maximum atomic E-state index is 13.2. The molecule has 1 aromatic rings. The first-order chi connectivity index (χ1) is 7.65.